The third-order valence-corrected chi connectivity index (χ3v) is 4.34. The lowest BCUT2D eigenvalue weighted by Crippen LogP contribution is -2.14. The maximum atomic E-state index is 14.4. The van der Waals surface area contributed by atoms with Crippen LogP contribution in [-0.4, -0.2) is 15.9 Å². The molecule has 1 fully saturated rings. The highest BCUT2D eigenvalue weighted by Crippen LogP contribution is 2.31. The number of amides is 1. The van der Waals surface area contributed by atoms with E-state index < -0.39 is 5.95 Å². The molecule has 1 amide bonds. The molecule has 2 aromatic heterocycles. The van der Waals surface area contributed by atoms with Gasteiger partial charge in [0.15, 0.2) is 0 Å². The third kappa shape index (κ3) is 2.73. The molecule has 0 radical (unpaired) electrons. The number of hydrogen-bond donors (Lipinski definition) is 1. The highest BCUT2D eigenvalue weighted by molar-refractivity contribution is 5.96. The number of nitrogens with zero attached hydrogens (tertiary/aromatic N) is 2. The second-order valence-corrected chi connectivity index (χ2v) is 6.19. The smallest absolute Gasteiger partial charge is 0.228 e. The maximum absolute atomic E-state index is 14.4. The molecule has 4 nitrogen and oxygen atoms in total. The van der Waals surface area contributed by atoms with Gasteiger partial charge in [-0.05, 0) is 54.5 Å². The Balaban J connectivity index is 1.74. The number of rotatable bonds is 3. The number of carbonyl (C=O) groups excluding carboxylic acids is 1. The Morgan fingerprint density at radius 3 is 2.83 bits per heavy atom. The van der Waals surface area contributed by atoms with Gasteiger partial charge < -0.3 is 5.32 Å². The minimum absolute atomic E-state index is 0.0569. The van der Waals surface area contributed by atoms with E-state index in [0.29, 0.717) is 10.8 Å². The number of benzene rings is 1. The SMILES string of the molecule is Cc1ccncc1-c1ccc2cc(NC(=O)C3CC3)nc(F)c2c1. The topological polar surface area (TPSA) is 54.9 Å². The van der Waals surface area contributed by atoms with Crippen LogP contribution >= 0.6 is 0 Å². The molecule has 0 spiro atoms. The molecule has 1 aliphatic carbocycles. The van der Waals surface area contributed by atoms with Crippen molar-refractivity contribution in [2.24, 2.45) is 5.92 Å². The lowest BCUT2D eigenvalue weighted by molar-refractivity contribution is -0.117. The predicted molar refractivity (Wildman–Crippen MR) is 91.0 cm³/mol. The minimum Gasteiger partial charge on any atom is -0.310 e. The van der Waals surface area contributed by atoms with Crippen molar-refractivity contribution in [1.29, 1.82) is 0 Å². The molecule has 120 valence electrons. The van der Waals surface area contributed by atoms with E-state index >= 15 is 0 Å². The molecular formula is C19H16FN3O. The van der Waals surface area contributed by atoms with E-state index in [0.717, 1.165) is 29.5 Å². The van der Waals surface area contributed by atoms with Gasteiger partial charge in [-0.3, -0.25) is 9.78 Å². The summed E-state index contributed by atoms with van der Waals surface area (Å²) in [6.07, 6.45) is 5.30. The highest BCUT2D eigenvalue weighted by Gasteiger charge is 2.29. The Labute approximate surface area is 138 Å². The van der Waals surface area contributed by atoms with E-state index in [2.05, 4.69) is 15.3 Å². The van der Waals surface area contributed by atoms with Crippen LogP contribution in [-0.2, 0) is 4.79 Å². The molecule has 24 heavy (non-hydrogen) atoms. The molecule has 0 atom stereocenters. The van der Waals surface area contributed by atoms with E-state index in [1.807, 2.05) is 25.1 Å². The maximum Gasteiger partial charge on any atom is 0.228 e. The van der Waals surface area contributed by atoms with E-state index in [1.165, 1.54) is 0 Å². The van der Waals surface area contributed by atoms with E-state index in [9.17, 15) is 9.18 Å². The van der Waals surface area contributed by atoms with Crippen molar-refractivity contribution in [3.63, 3.8) is 0 Å². The summed E-state index contributed by atoms with van der Waals surface area (Å²) in [6, 6.07) is 9.17. The Morgan fingerprint density at radius 2 is 2.08 bits per heavy atom. The zero-order valence-corrected chi connectivity index (χ0v) is 13.2. The standard InChI is InChI=1S/C19H16FN3O/c1-11-6-7-21-10-16(11)13-4-5-14-9-17(22-18(20)15(14)8-13)23-19(24)12-2-3-12/h4-10,12H,2-3H2,1H3,(H,22,23,24). The summed E-state index contributed by atoms with van der Waals surface area (Å²) in [6.45, 7) is 1.99. The first-order chi connectivity index (χ1) is 11.6. The van der Waals surface area contributed by atoms with Crippen LogP contribution in [0.2, 0.25) is 0 Å². The largest absolute Gasteiger partial charge is 0.310 e. The van der Waals surface area contributed by atoms with Crippen LogP contribution < -0.4 is 5.32 Å². The monoisotopic (exact) mass is 321 g/mol. The van der Waals surface area contributed by atoms with Crippen LogP contribution in [0.1, 0.15) is 18.4 Å². The average Bonchev–Trinajstić information content (AvgIpc) is 3.40. The van der Waals surface area contributed by atoms with Crippen molar-refractivity contribution in [2.45, 2.75) is 19.8 Å². The number of nitrogens with one attached hydrogen (secondary N) is 1. The molecule has 4 rings (SSSR count). The lowest BCUT2D eigenvalue weighted by Gasteiger charge is -2.09. The summed E-state index contributed by atoms with van der Waals surface area (Å²) < 4.78 is 14.4. The fourth-order valence-electron chi connectivity index (χ4n) is 2.78. The number of fused-ring (bicyclic) bond motifs is 1. The van der Waals surface area contributed by atoms with Crippen LogP contribution in [0.25, 0.3) is 21.9 Å². The van der Waals surface area contributed by atoms with E-state index in [1.54, 1.807) is 24.5 Å². The normalized spacial score (nSPS) is 13.9. The third-order valence-electron chi connectivity index (χ3n) is 4.34. The molecule has 3 aromatic rings. The van der Waals surface area contributed by atoms with Gasteiger partial charge in [0.2, 0.25) is 11.9 Å². The van der Waals surface area contributed by atoms with Crippen molar-refractivity contribution < 1.29 is 9.18 Å². The molecule has 2 heterocycles. The first kappa shape index (κ1) is 14.8. The van der Waals surface area contributed by atoms with Gasteiger partial charge in [-0.25, -0.2) is 4.98 Å². The summed E-state index contributed by atoms with van der Waals surface area (Å²) in [4.78, 5) is 19.8. The van der Waals surface area contributed by atoms with Crippen molar-refractivity contribution in [3.8, 4) is 11.1 Å². The van der Waals surface area contributed by atoms with Gasteiger partial charge in [0, 0.05) is 29.3 Å². The van der Waals surface area contributed by atoms with Crippen LogP contribution in [0.3, 0.4) is 0 Å². The zero-order chi connectivity index (χ0) is 16.7. The minimum atomic E-state index is -0.581. The highest BCUT2D eigenvalue weighted by atomic mass is 19.1. The lowest BCUT2D eigenvalue weighted by atomic mass is 10.0. The molecule has 5 heteroatoms. The zero-order valence-electron chi connectivity index (χ0n) is 13.2. The molecule has 0 bridgehead atoms. The van der Waals surface area contributed by atoms with Gasteiger partial charge in [0.25, 0.3) is 0 Å². The number of carbonyl (C=O) groups is 1. The van der Waals surface area contributed by atoms with Crippen molar-refractivity contribution in [3.05, 3.63) is 54.2 Å². The molecular weight excluding hydrogens is 305 g/mol. The van der Waals surface area contributed by atoms with Crippen LogP contribution in [0.4, 0.5) is 10.2 Å². The molecule has 0 saturated heterocycles. The first-order valence-corrected chi connectivity index (χ1v) is 7.94. The van der Waals surface area contributed by atoms with Gasteiger partial charge >= 0.3 is 0 Å². The summed E-state index contributed by atoms with van der Waals surface area (Å²) >= 11 is 0. The fraction of sp³-hybridized carbons (Fsp3) is 0.211. The van der Waals surface area contributed by atoms with Crippen molar-refractivity contribution in [1.82, 2.24) is 9.97 Å². The first-order valence-electron chi connectivity index (χ1n) is 7.94. The number of halogens is 1. The Hall–Kier alpha value is -2.82. The summed E-state index contributed by atoms with van der Waals surface area (Å²) in [5, 5.41) is 3.83. The van der Waals surface area contributed by atoms with E-state index in [4.69, 9.17) is 0 Å². The molecule has 1 aromatic carbocycles. The van der Waals surface area contributed by atoms with Gasteiger partial charge in [-0.1, -0.05) is 12.1 Å². The van der Waals surface area contributed by atoms with Crippen LogP contribution in [0, 0.1) is 18.8 Å². The van der Waals surface area contributed by atoms with Gasteiger partial charge in [-0.15, -0.1) is 0 Å². The van der Waals surface area contributed by atoms with Gasteiger partial charge in [0.05, 0.1) is 0 Å². The van der Waals surface area contributed by atoms with Crippen LogP contribution in [0.15, 0.2) is 42.7 Å². The number of hydrogen-bond acceptors (Lipinski definition) is 3. The van der Waals surface area contributed by atoms with Crippen molar-refractivity contribution >= 4 is 22.5 Å². The van der Waals surface area contributed by atoms with E-state index in [-0.39, 0.29) is 17.6 Å². The predicted octanol–water partition coefficient (Wildman–Crippen LogP) is 4.09. The Bertz CT molecular complexity index is 950. The molecule has 0 unspecified atom stereocenters. The molecule has 1 aliphatic rings. The number of aryl methyl sites for hydroxylation is 1. The Morgan fingerprint density at radius 1 is 1.25 bits per heavy atom. The summed E-state index contributed by atoms with van der Waals surface area (Å²) in [5.41, 5.74) is 2.93. The Kier molecular flexibility index (Phi) is 3.49. The van der Waals surface area contributed by atoms with Gasteiger partial charge in [-0.2, -0.15) is 4.39 Å². The quantitative estimate of drug-likeness (QED) is 0.739. The van der Waals surface area contributed by atoms with Crippen LogP contribution in [0.5, 0.6) is 0 Å². The molecule has 1 saturated carbocycles. The number of pyridine rings is 2. The molecule has 1 N–H and O–H groups in total. The fourth-order valence-corrected chi connectivity index (χ4v) is 2.78. The average molecular weight is 321 g/mol. The van der Waals surface area contributed by atoms with Gasteiger partial charge in [0.1, 0.15) is 5.82 Å². The number of aromatic nitrogens is 2. The van der Waals surface area contributed by atoms with Crippen molar-refractivity contribution in [2.75, 3.05) is 5.32 Å². The molecule has 0 aliphatic heterocycles. The second-order valence-electron chi connectivity index (χ2n) is 6.19. The summed E-state index contributed by atoms with van der Waals surface area (Å²) in [7, 11) is 0. The summed E-state index contributed by atoms with van der Waals surface area (Å²) in [5.74, 6) is -0.338. The second kappa shape index (κ2) is 5.67. The number of anilines is 1.